The van der Waals surface area contributed by atoms with Crippen molar-refractivity contribution in [3.05, 3.63) is 57.8 Å². The first-order chi connectivity index (χ1) is 11.1. The van der Waals surface area contributed by atoms with Crippen molar-refractivity contribution in [1.29, 1.82) is 0 Å². The van der Waals surface area contributed by atoms with E-state index in [4.69, 9.17) is 0 Å². The van der Waals surface area contributed by atoms with Crippen molar-refractivity contribution >= 4 is 17.2 Å². The smallest absolute Gasteiger partial charge is 0.233 e. The lowest BCUT2D eigenvalue weighted by Gasteiger charge is -2.18. The van der Waals surface area contributed by atoms with Gasteiger partial charge in [0, 0.05) is 11.4 Å². The molecule has 0 aliphatic rings. The van der Waals surface area contributed by atoms with Crippen LogP contribution in [0.3, 0.4) is 0 Å². The van der Waals surface area contributed by atoms with Crippen LogP contribution in [0.1, 0.15) is 42.8 Å². The van der Waals surface area contributed by atoms with Crippen molar-refractivity contribution in [2.45, 2.75) is 33.2 Å². The summed E-state index contributed by atoms with van der Waals surface area (Å²) in [6.07, 6.45) is 1.04. The maximum atomic E-state index is 12.0. The molecule has 0 radical (unpaired) electrons. The maximum absolute atomic E-state index is 12.0. The van der Waals surface area contributed by atoms with Crippen molar-refractivity contribution in [3.63, 3.8) is 0 Å². The average Bonchev–Trinajstić information content (AvgIpc) is 3.08. The molecule has 3 nitrogen and oxygen atoms in total. The Hall–Kier alpha value is -1.65. The molecule has 1 heterocycles. The molecule has 2 rings (SSSR count). The lowest BCUT2D eigenvalue weighted by Crippen LogP contribution is -2.37. The third-order valence-corrected chi connectivity index (χ3v) is 4.66. The van der Waals surface area contributed by atoms with Crippen LogP contribution in [0.2, 0.25) is 0 Å². The number of thiophene rings is 1. The number of hydrogen-bond acceptors (Lipinski definition) is 3. The number of rotatable bonds is 8. The summed E-state index contributed by atoms with van der Waals surface area (Å²) in [5.74, 6) is 0.513. The lowest BCUT2D eigenvalue weighted by atomic mass is 10.0. The predicted molar refractivity (Wildman–Crippen MR) is 97.8 cm³/mol. The molecule has 0 unspecified atom stereocenters. The third kappa shape index (κ3) is 5.48. The lowest BCUT2D eigenvalue weighted by molar-refractivity contribution is -0.120. The Morgan fingerprint density at radius 1 is 1.17 bits per heavy atom. The molecule has 0 aliphatic carbocycles. The van der Waals surface area contributed by atoms with Crippen LogP contribution < -0.4 is 10.6 Å². The van der Waals surface area contributed by atoms with Crippen LogP contribution in [0, 0.1) is 5.92 Å². The Kier molecular flexibility index (Phi) is 6.81. The van der Waals surface area contributed by atoms with Gasteiger partial charge in [0.25, 0.3) is 0 Å². The van der Waals surface area contributed by atoms with E-state index in [2.05, 4.69) is 67.1 Å². The second kappa shape index (κ2) is 8.85. The molecule has 1 aromatic heterocycles. The van der Waals surface area contributed by atoms with Crippen LogP contribution in [0.5, 0.6) is 0 Å². The van der Waals surface area contributed by atoms with Gasteiger partial charge >= 0.3 is 0 Å². The van der Waals surface area contributed by atoms with E-state index in [-0.39, 0.29) is 11.9 Å². The van der Waals surface area contributed by atoms with E-state index < -0.39 is 0 Å². The molecule has 23 heavy (non-hydrogen) atoms. The minimum atomic E-state index is 0.0467. The zero-order valence-corrected chi connectivity index (χ0v) is 15.0. The monoisotopic (exact) mass is 330 g/mol. The molecule has 0 saturated heterocycles. The first kappa shape index (κ1) is 17.7. The first-order valence-corrected chi connectivity index (χ1v) is 9.10. The Morgan fingerprint density at radius 3 is 2.48 bits per heavy atom. The molecule has 0 aliphatic heterocycles. The fourth-order valence-corrected chi connectivity index (χ4v) is 3.19. The number of amides is 1. The molecule has 2 N–H and O–H groups in total. The summed E-state index contributed by atoms with van der Waals surface area (Å²) in [4.78, 5) is 13.2. The first-order valence-electron chi connectivity index (χ1n) is 8.22. The molecule has 124 valence electrons. The summed E-state index contributed by atoms with van der Waals surface area (Å²) in [6, 6.07) is 12.9. The summed E-state index contributed by atoms with van der Waals surface area (Å²) >= 11 is 1.71. The molecule has 1 amide bonds. The number of carbonyl (C=O) groups is 1. The van der Waals surface area contributed by atoms with Crippen LogP contribution in [0.15, 0.2) is 41.8 Å². The fourth-order valence-electron chi connectivity index (χ4n) is 2.36. The van der Waals surface area contributed by atoms with E-state index in [9.17, 15) is 4.79 Å². The van der Waals surface area contributed by atoms with E-state index in [1.807, 2.05) is 6.07 Å². The predicted octanol–water partition coefficient (Wildman–Crippen LogP) is 3.76. The number of aryl methyl sites for hydroxylation is 1. The molecule has 2 aromatic rings. The van der Waals surface area contributed by atoms with E-state index >= 15 is 0 Å². The molecule has 4 heteroatoms. The Balaban J connectivity index is 2.04. The highest BCUT2D eigenvalue weighted by molar-refractivity contribution is 7.10. The Morgan fingerprint density at radius 2 is 1.91 bits per heavy atom. The highest BCUT2D eigenvalue weighted by atomic mass is 32.1. The van der Waals surface area contributed by atoms with Crippen LogP contribution in [0.4, 0.5) is 0 Å². The Bertz CT molecular complexity index is 590. The van der Waals surface area contributed by atoms with Gasteiger partial charge in [-0.15, -0.1) is 11.3 Å². The molecular weight excluding hydrogens is 304 g/mol. The van der Waals surface area contributed by atoms with Gasteiger partial charge in [-0.3, -0.25) is 10.1 Å². The molecule has 0 saturated carbocycles. The largest absolute Gasteiger partial charge is 0.355 e. The Labute approximate surface area is 143 Å². The van der Waals surface area contributed by atoms with Crippen LogP contribution >= 0.6 is 11.3 Å². The van der Waals surface area contributed by atoms with Crippen LogP contribution in [-0.4, -0.2) is 19.0 Å². The molecular formula is C19H26N2OS. The van der Waals surface area contributed by atoms with Gasteiger partial charge in [-0.25, -0.2) is 0 Å². The molecule has 1 atom stereocenters. The summed E-state index contributed by atoms with van der Waals surface area (Å²) in [6.45, 7) is 7.39. The van der Waals surface area contributed by atoms with Gasteiger partial charge in [0.05, 0.1) is 12.6 Å². The number of benzene rings is 1. The molecule has 0 spiro atoms. The minimum absolute atomic E-state index is 0.0467. The summed E-state index contributed by atoms with van der Waals surface area (Å²) in [7, 11) is 0. The van der Waals surface area contributed by atoms with E-state index in [0.29, 0.717) is 12.5 Å². The SMILES string of the molecule is CCc1ccc([C@H](NCC(=O)NCC(C)C)c2cccs2)cc1. The van der Waals surface area contributed by atoms with Crippen LogP contribution in [-0.2, 0) is 11.2 Å². The highest BCUT2D eigenvalue weighted by Gasteiger charge is 2.16. The zero-order chi connectivity index (χ0) is 16.7. The number of carbonyl (C=O) groups excluding carboxylic acids is 1. The second-order valence-corrected chi connectivity index (χ2v) is 7.10. The van der Waals surface area contributed by atoms with Crippen molar-refractivity contribution in [1.82, 2.24) is 10.6 Å². The number of nitrogens with one attached hydrogen (secondary N) is 2. The standard InChI is InChI=1S/C19H26N2OS/c1-4-15-7-9-16(10-8-15)19(17-6-5-11-23-17)21-13-18(22)20-12-14(2)3/h5-11,14,19,21H,4,12-13H2,1-3H3,(H,20,22)/t19-/m0/s1. The van der Waals surface area contributed by atoms with Gasteiger partial charge in [0.2, 0.25) is 5.91 Å². The van der Waals surface area contributed by atoms with Crippen molar-refractivity contribution in [3.8, 4) is 0 Å². The molecule has 0 bridgehead atoms. The number of hydrogen-bond donors (Lipinski definition) is 2. The highest BCUT2D eigenvalue weighted by Crippen LogP contribution is 2.26. The molecule has 1 aromatic carbocycles. The van der Waals surface area contributed by atoms with Gasteiger partial charge < -0.3 is 5.32 Å². The van der Waals surface area contributed by atoms with Gasteiger partial charge in [0.15, 0.2) is 0 Å². The minimum Gasteiger partial charge on any atom is -0.355 e. The van der Waals surface area contributed by atoms with E-state index in [0.717, 1.165) is 13.0 Å². The van der Waals surface area contributed by atoms with Gasteiger partial charge in [-0.1, -0.05) is 51.1 Å². The summed E-state index contributed by atoms with van der Waals surface area (Å²) < 4.78 is 0. The summed E-state index contributed by atoms with van der Waals surface area (Å²) in [5.41, 5.74) is 2.52. The van der Waals surface area contributed by atoms with Crippen LogP contribution in [0.25, 0.3) is 0 Å². The quantitative estimate of drug-likeness (QED) is 0.774. The van der Waals surface area contributed by atoms with Crippen molar-refractivity contribution in [2.75, 3.05) is 13.1 Å². The van der Waals surface area contributed by atoms with Gasteiger partial charge in [-0.2, -0.15) is 0 Å². The van der Waals surface area contributed by atoms with Crippen molar-refractivity contribution in [2.24, 2.45) is 5.92 Å². The summed E-state index contributed by atoms with van der Waals surface area (Å²) in [5, 5.41) is 8.42. The normalized spacial score (nSPS) is 12.3. The van der Waals surface area contributed by atoms with Gasteiger partial charge in [0.1, 0.15) is 0 Å². The maximum Gasteiger partial charge on any atom is 0.233 e. The second-order valence-electron chi connectivity index (χ2n) is 6.12. The van der Waals surface area contributed by atoms with E-state index in [1.54, 1.807) is 11.3 Å². The zero-order valence-electron chi connectivity index (χ0n) is 14.1. The third-order valence-electron chi connectivity index (χ3n) is 3.72. The van der Waals surface area contributed by atoms with Gasteiger partial charge in [-0.05, 0) is 34.9 Å². The topological polar surface area (TPSA) is 41.1 Å². The van der Waals surface area contributed by atoms with Crippen molar-refractivity contribution < 1.29 is 4.79 Å². The van der Waals surface area contributed by atoms with E-state index in [1.165, 1.54) is 16.0 Å². The average molecular weight is 330 g/mol. The fraction of sp³-hybridized carbons (Fsp3) is 0.421. The molecule has 0 fully saturated rings.